The highest BCUT2D eigenvalue weighted by molar-refractivity contribution is 6.31. The van der Waals surface area contributed by atoms with E-state index in [2.05, 4.69) is 4.98 Å². The molecule has 4 nitrogen and oxygen atoms in total. The number of alkyl halides is 6. The van der Waals surface area contributed by atoms with Gasteiger partial charge in [0.1, 0.15) is 11.8 Å². The first-order valence-corrected chi connectivity index (χ1v) is 8.39. The van der Waals surface area contributed by atoms with Crippen LogP contribution in [0.3, 0.4) is 0 Å². The molecule has 0 N–H and O–H groups in total. The van der Waals surface area contributed by atoms with Crippen molar-refractivity contribution in [2.24, 2.45) is 0 Å². The van der Waals surface area contributed by atoms with E-state index in [0.29, 0.717) is 22.2 Å². The highest BCUT2D eigenvalue weighted by atomic mass is 35.5. The van der Waals surface area contributed by atoms with E-state index in [4.69, 9.17) is 16.3 Å². The Morgan fingerprint density at radius 3 is 2.31 bits per heavy atom. The third-order valence-electron chi connectivity index (χ3n) is 4.03. The van der Waals surface area contributed by atoms with E-state index in [0.717, 1.165) is 6.07 Å². The summed E-state index contributed by atoms with van der Waals surface area (Å²) in [4.78, 5) is 15.8. The zero-order valence-corrected chi connectivity index (χ0v) is 15.2. The fraction of sp³-hybridized carbons (Fsp3) is 0.222. The molecule has 11 heteroatoms. The predicted molar refractivity (Wildman–Crippen MR) is 90.5 cm³/mol. The number of pyridine rings is 1. The van der Waals surface area contributed by atoms with Crippen LogP contribution in [-0.4, -0.2) is 15.4 Å². The van der Waals surface area contributed by atoms with Crippen molar-refractivity contribution in [3.05, 3.63) is 70.1 Å². The summed E-state index contributed by atoms with van der Waals surface area (Å²) in [5.74, 6) is -1.49. The van der Waals surface area contributed by atoms with Crippen LogP contribution in [0.15, 0.2) is 42.6 Å². The quantitative estimate of drug-likeness (QED) is 0.377. The summed E-state index contributed by atoms with van der Waals surface area (Å²) >= 11 is 5.98. The molecule has 1 aromatic carbocycles. The van der Waals surface area contributed by atoms with Crippen LogP contribution < -0.4 is 0 Å². The van der Waals surface area contributed by atoms with E-state index < -0.39 is 47.0 Å². The van der Waals surface area contributed by atoms with E-state index in [1.54, 1.807) is 12.1 Å². The molecule has 0 saturated carbocycles. The van der Waals surface area contributed by atoms with Crippen molar-refractivity contribution < 1.29 is 35.9 Å². The number of carbonyl (C=O) groups excluding carboxylic acids is 1. The van der Waals surface area contributed by atoms with Gasteiger partial charge >= 0.3 is 18.3 Å². The Hall–Kier alpha value is -2.75. The van der Waals surface area contributed by atoms with Gasteiger partial charge < -0.3 is 4.74 Å². The normalized spacial score (nSPS) is 13.5. The van der Waals surface area contributed by atoms with Gasteiger partial charge in [-0.25, -0.2) is 9.78 Å². The number of halogens is 7. The van der Waals surface area contributed by atoms with E-state index in [1.807, 2.05) is 0 Å². The minimum Gasteiger partial charge on any atom is -0.453 e. The van der Waals surface area contributed by atoms with Gasteiger partial charge in [0, 0.05) is 16.8 Å². The lowest BCUT2D eigenvalue weighted by molar-refractivity contribution is -0.141. The summed E-state index contributed by atoms with van der Waals surface area (Å²) in [6.45, 7) is 1.37. The molecule has 0 aliphatic heterocycles. The molecule has 0 radical (unpaired) electrons. The van der Waals surface area contributed by atoms with Gasteiger partial charge in [0.15, 0.2) is 11.4 Å². The van der Waals surface area contributed by atoms with Gasteiger partial charge in [-0.2, -0.15) is 26.3 Å². The third kappa shape index (κ3) is 4.16. The Labute approximate surface area is 164 Å². The van der Waals surface area contributed by atoms with Gasteiger partial charge in [0.2, 0.25) is 0 Å². The lowest BCUT2D eigenvalue weighted by atomic mass is 10.1. The van der Waals surface area contributed by atoms with E-state index >= 15 is 0 Å². The van der Waals surface area contributed by atoms with Gasteiger partial charge in [0.25, 0.3) is 0 Å². The number of imidazole rings is 1. The molecule has 3 aromatic rings. The topological polar surface area (TPSA) is 43.6 Å². The molecule has 3 rings (SSSR count). The van der Waals surface area contributed by atoms with Crippen molar-refractivity contribution in [2.75, 3.05) is 0 Å². The van der Waals surface area contributed by atoms with Gasteiger partial charge in [0.05, 0.1) is 5.56 Å². The Kier molecular flexibility index (Phi) is 5.24. The molecule has 0 aliphatic rings. The smallest absolute Gasteiger partial charge is 0.435 e. The zero-order valence-electron chi connectivity index (χ0n) is 14.5. The number of carbonyl (C=O) groups is 1. The molecule has 1 atom stereocenters. The Morgan fingerprint density at radius 1 is 1.07 bits per heavy atom. The van der Waals surface area contributed by atoms with Crippen LogP contribution in [0.2, 0.25) is 5.02 Å². The van der Waals surface area contributed by atoms with Gasteiger partial charge in [-0.3, -0.25) is 4.40 Å². The lowest BCUT2D eigenvalue weighted by Crippen LogP contribution is -2.18. The molecule has 2 aromatic heterocycles. The monoisotopic (exact) mass is 436 g/mol. The molecular formula is C18H11ClF6N2O2. The number of nitrogens with zero attached hydrogens (tertiary/aromatic N) is 2. The van der Waals surface area contributed by atoms with Crippen LogP contribution in [0.4, 0.5) is 26.3 Å². The van der Waals surface area contributed by atoms with E-state index in [9.17, 15) is 31.1 Å². The van der Waals surface area contributed by atoms with Crippen molar-refractivity contribution in [1.29, 1.82) is 0 Å². The first kappa shape index (κ1) is 21.0. The van der Waals surface area contributed by atoms with Gasteiger partial charge in [-0.05, 0) is 25.1 Å². The molecule has 1 unspecified atom stereocenters. The summed E-state index contributed by atoms with van der Waals surface area (Å²) in [6.07, 6.45) is -10.6. The molecule has 0 bridgehead atoms. The number of fused-ring (bicyclic) bond motifs is 1. The summed E-state index contributed by atoms with van der Waals surface area (Å²) in [5.41, 5.74) is -4.21. The van der Waals surface area contributed by atoms with Crippen LogP contribution in [0.25, 0.3) is 5.65 Å². The number of aromatic nitrogens is 2. The lowest BCUT2D eigenvalue weighted by Gasteiger charge is -2.16. The molecule has 0 fully saturated rings. The van der Waals surface area contributed by atoms with Crippen LogP contribution in [-0.2, 0) is 17.1 Å². The molecular weight excluding hydrogens is 426 g/mol. The maximum absolute atomic E-state index is 13.4. The number of rotatable bonds is 3. The highest BCUT2D eigenvalue weighted by Crippen LogP contribution is 2.35. The third-order valence-corrected chi connectivity index (χ3v) is 4.38. The average Bonchev–Trinajstić information content (AvgIpc) is 3.00. The fourth-order valence-electron chi connectivity index (χ4n) is 2.69. The number of hydrogen-bond acceptors (Lipinski definition) is 3. The van der Waals surface area contributed by atoms with Crippen LogP contribution >= 0.6 is 11.6 Å². The standard InChI is InChI=1S/C18H11ClF6N2O2/c1-9(11-4-2-3-5-12(11)19)29-16(28)14-15(18(23,24)25)26-13-7-6-10(8-27(13)14)17(20,21)22/h2-9H,1H3. The molecule has 0 spiro atoms. The molecule has 29 heavy (non-hydrogen) atoms. The maximum atomic E-state index is 13.4. The van der Waals surface area contributed by atoms with Gasteiger partial charge in [-0.1, -0.05) is 29.8 Å². The summed E-state index contributed by atoms with van der Waals surface area (Å²) < 4.78 is 84.6. The van der Waals surface area contributed by atoms with Gasteiger partial charge in [-0.15, -0.1) is 0 Å². The first-order chi connectivity index (χ1) is 13.4. The maximum Gasteiger partial charge on any atom is 0.435 e. The zero-order chi connectivity index (χ0) is 21.6. The predicted octanol–water partition coefficient (Wildman–Crippen LogP) is 5.94. The highest BCUT2D eigenvalue weighted by Gasteiger charge is 2.42. The van der Waals surface area contributed by atoms with E-state index in [-0.39, 0.29) is 5.02 Å². The van der Waals surface area contributed by atoms with Crippen molar-refractivity contribution in [3.8, 4) is 0 Å². The van der Waals surface area contributed by atoms with E-state index in [1.165, 1.54) is 19.1 Å². The van der Waals surface area contributed by atoms with Crippen molar-refractivity contribution >= 4 is 23.2 Å². The second-order valence-corrected chi connectivity index (χ2v) is 6.43. The Morgan fingerprint density at radius 2 is 1.72 bits per heavy atom. The minimum atomic E-state index is -5.09. The molecule has 154 valence electrons. The minimum absolute atomic E-state index is 0.210. The van der Waals surface area contributed by atoms with Crippen molar-refractivity contribution in [2.45, 2.75) is 25.4 Å². The molecule has 0 aliphatic carbocycles. The molecule has 0 amide bonds. The fourth-order valence-corrected chi connectivity index (χ4v) is 2.98. The molecule has 2 heterocycles. The van der Waals surface area contributed by atoms with Crippen LogP contribution in [0, 0.1) is 0 Å². The number of ether oxygens (including phenoxy) is 1. The van der Waals surface area contributed by atoms with Crippen molar-refractivity contribution in [1.82, 2.24) is 9.38 Å². The SMILES string of the molecule is CC(OC(=O)c1c(C(F)(F)F)nc2ccc(C(F)(F)F)cn12)c1ccccc1Cl. The molecule has 0 saturated heterocycles. The van der Waals surface area contributed by atoms with Crippen LogP contribution in [0.5, 0.6) is 0 Å². The second-order valence-electron chi connectivity index (χ2n) is 6.02. The summed E-state index contributed by atoms with van der Waals surface area (Å²) in [5, 5.41) is 0.210. The summed E-state index contributed by atoms with van der Waals surface area (Å²) in [7, 11) is 0. The number of esters is 1. The number of hydrogen-bond donors (Lipinski definition) is 0. The Bertz CT molecular complexity index is 1070. The van der Waals surface area contributed by atoms with Crippen molar-refractivity contribution in [3.63, 3.8) is 0 Å². The average molecular weight is 437 g/mol. The first-order valence-electron chi connectivity index (χ1n) is 8.01. The Balaban J connectivity index is 2.10. The second kappa shape index (κ2) is 7.25. The largest absolute Gasteiger partial charge is 0.453 e. The van der Waals surface area contributed by atoms with Crippen LogP contribution in [0.1, 0.15) is 40.3 Å². The summed E-state index contributed by atoms with van der Waals surface area (Å²) in [6, 6.07) is 7.49. The number of benzene rings is 1.